The second-order valence-corrected chi connectivity index (χ2v) is 7.03. The maximum atomic E-state index is 13.8. The van der Waals surface area contributed by atoms with E-state index < -0.39 is 23.3 Å². The van der Waals surface area contributed by atoms with Gasteiger partial charge in [-0.1, -0.05) is 6.07 Å². The topological polar surface area (TPSA) is 65.5 Å². The quantitative estimate of drug-likeness (QED) is 0.864. The lowest BCUT2D eigenvalue weighted by Gasteiger charge is -2.43. The molecule has 2 saturated heterocycles. The van der Waals surface area contributed by atoms with E-state index in [9.17, 15) is 18.7 Å². The van der Waals surface area contributed by atoms with Gasteiger partial charge in [0, 0.05) is 48.9 Å². The van der Waals surface area contributed by atoms with Crippen LogP contribution in [-0.4, -0.2) is 33.1 Å². The van der Waals surface area contributed by atoms with Crippen molar-refractivity contribution in [1.29, 1.82) is 0 Å². The third-order valence-electron chi connectivity index (χ3n) is 5.37. The van der Waals surface area contributed by atoms with Gasteiger partial charge in [-0.2, -0.15) is 0 Å². The number of pyridine rings is 1. The molecule has 1 aromatic heterocycles. The van der Waals surface area contributed by atoms with Gasteiger partial charge < -0.3 is 15.3 Å². The highest BCUT2D eigenvalue weighted by Gasteiger charge is 2.50. The summed E-state index contributed by atoms with van der Waals surface area (Å²) in [5, 5.41) is 13.6. The zero-order valence-corrected chi connectivity index (χ0v) is 14.0. The van der Waals surface area contributed by atoms with Crippen molar-refractivity contribution in [1.82, 2.24) is 9.88 Å². The van der Waals surface area contributed by atoms with Crippen molar-refractivity contribution >= 4 is 11.7 Å². The third kappa shape index (κ3) is 2.92. The number of fused-ring (bicyclic) bond motifs is 2. The molecule has 136 valence electrons. The zero-order chi connectivity index (χ0) is 18.3. The first-order valence-electron chi connectivity index (χ1n) is 8.63. The van der Waals surface area contributed by atoms with Crippen LogP contribution in [0.4, 0.5) is 19.3 Å². The smallest absolute Gasteiger partial charge is 0.322 e. The predicted molar refractivity (Wildman–Crippen MR) is 91.4 cm³/mol. The van der Waals surface area contributed by atoms with Crippen LogP contribution < -0.4 is 5.32 Å². The Kier molecular flexibility index (Phi) is 4.11. The second kappa shape index (κ2) is 6.32. The van der Waals surface area contributed by atoms with Gasteiger partial charge in [0.1, 0.15) is 11.6 Å². The summed E-state index contributed by atoms with van der Waals surface area (Å²) in [7, 11) is 0. The molecule has 5 nitrogen and oxygen atoms in total. The summed E-state index contributed by atoms with van der Waals surface area (Å²) in [6.45, 7) is 0. The van der Waals surface area contributed by atoms with E-state index in [2.05, 4.69) is 10.3 Å². The van der Waals surface area contributed by atoms with Gasteiger partial charge >= 0.3 is 6.03 Å². The van der Waals surface area contributed by atoms with Gasteiger partial charge in [0.15, 0.2) is 0 Å². The predicted octanol–water partition coefficient (Wildman–Crippen LogP) is 3.41. The van der Waals surface area contributed by atoms with Crippen molar-refractivity contribution in [3.63, 3.8) is 0 Å². The standard InChI is InChI=1S/C19H19F2N3O2/c20-13-3-6-17(16(21)8-13)23-18(25)24-14-4-5-15(24)10-19(26,9-14)12-2-1-7-22-11-12/h1-3,6-8,11,14-15,26H,4-5,9-10H2,(H,23,25)/t14-,15+,19?. The summed E-state index contributed by atoms with van der Waals surface area (Å²) in [6, 6.07) is 5.98. The van der Waals surface area contributed by atoms with E-state index in [0.29, 0.717) is 12.8 Å². The van der Waals surface area contributed by atoms with E-state index in [1.54, 1.807) is 23.4 Å². The lowest BCUT2D eigenvalue weighted by molar-refractivity contribution is -0.0425. The Balaban J connectivity index is 1.52. The van der Waals surface area contributed by atoms with Gasteiger partial charge in [-0.05, 0) is 31.0 Å². The van der Waals surface area contributed by atoms with Crippen molar-refractivity contribution in [3.8, 4) is 0 Å². The van der Waals surface area contributed by atoms with Crippen molar-refractivity contribution in [2.45, 2.75) is 43.4 Å². The highest BCUT2D eigenvalue weighted by molar-refractivity contribution is 5.90. The molecule has 7 heteroatoms. The summed E-state index contributed by atoms with van der Waals surface area (Å²) in [4.78, 5) is 18.4. The van der Waals surface area contributed by atoms with Crippen molar-refractivity contribution in [2.75, 3.05) is 5.32 Å². The average molecular weight is 359 g/mol. The van der Waals surface area contributed by atoms with Crippen LogP contribution >= 0.6 is 0 Å². The van der Waals surface area contributed by atoms with Crippen LogP contribution in [0.1, 0.15) is 31.2 Å². The van der Waals surface area contributed by atoms with E-state index >= 15 is 0 Å². The normalized spacial score (nSPS) is 27.4. The van der Waals surface area contributed by atoms with Crippen LogP contribution in [0.5, 0.6) is 0 Å². The molecule has 3 heterocycles. The van der Waals surface area contributed by atoms with Crippen LogP contribution in [0.3, 0.4) is 0 Å². The second-order valence-electron chi connectivity index (χ2n) is 7.03. The number of carbonyl (C=O) groups excluding carboxylic acids is 1. The molecular weight excluding hydrogens is 340 g/mol. The molecule has 2 N–H and O–H groups in total. The minimum absolute atomic E-state index is 0.0519. The van der Waals surface area contributed by atoms with E-state index in [1.807, 2.05) is 6.07 Å². The number of urea groups is 1. The Morgan fingerprint density at radius 1 is 1.23 bits per heavy atom. The van der Waals surface area contributed by atoms with Crippen LogP contribution in [0, 0.1) is 11.6 Å². The molecule has 2 aromatic rings. The Morgan fingerprint density at radius 3 is 2.58 bits per heavy atom. The molecule has 0 aliphatic carbocycles. The number of hydrogen-bond donors (Lipinski definition) is 2. The molecule has 4 rings (SSSR count). The lowest BCUT2D eigenvalue weighted by atomic mass is 9.81. The van der Waals surface area contributed by atoms with E-state index in [1.165, 1.54) is 6.07 Å². The first-order chi connectivity index (χ1) is 12.5. The van der Waals surface area contributed by atoms with Gasteiger partial charge in [-0.3, -0.25) is 4.98 Å². The van der Waals surface area contributed by atoms with Crippen molar-refractivity contribution in [2.24, 2.45) is 0 Å². The van der Waals surface area contributed by atoms with Crippen LogP contribution in [0.2, 0.25) is 0 Å². The fourth-order valence-corrected chi connectivity index (χ4v) is 4.20. The molecule has 26 heavy (non-hydrogen) atoms. The number of anilines is 1. The van der Waals surface area contributed by atoms with Gasteiger partial charge in [0.05, 0.1) is 11.3 Å². The average Bonchev–Trinajstić information content (AvgIpc) is 2.90. The fraction of sp³-hybridized carbons (Fsp3) is 0.368. The number of rotatable bonds is 2. The number of nitrogens with one attached hydrogen (secondary N) is 1. The number of amides is 2. The highest BCUT2D eigenvalue weighted by Crippen LogP contribution is 2.45. The molecule has 0 spiro atoms. The molecule has 2 aliphatic heterocycles. The maximum Gasteiger partial charge on any atom is 0.322 e. The summed E-state index contributed by atoms with van der Waals surface area (Å²) in [6.07, 6.45) is 5.70. The van der Waals surface area contributed by atoms with E-state index in [0.717, 1.165) is 30.5 Å². The Bertz CT molecular complexity index is 817. The summed E-state index contributed by atoms with van der Waals surface area (Å²) >= 11 is 0. The van der Waals surface area contributed by atoms with Gasteiger partial charge in [-0.15, -0.1) is 0 Å². The minimum Gasteiger partial charge on any atom is -0.385 e. The molecule has 2 bridgehead atoms. The number of aliphatic hydroxyl groups is 1. The number of carbonyl (C=O) groups is 1. The number of piperidine rings is 1. The molecule has 3 atom stereocenters. The van der Waals surface area contributed by atoms with Gasteiger partial charge in [0.25, 0.3) is 0 Å². The molecule has 1 unspecified atom stereocenters. The maximum absolute atomic E-state index is 13.8. The van der Waals surface area contributed by atoms with Crippen LogP contribution in [0.25, 0.3) is 0 Å². The number of nitrogens with zero attached hydrogens (tertiary/aromatic N) is 2. The molecule has 2 amide bonds. The van der Waals surface area contributed by atoms with Gasteiger partial charge in [-0.25, -0.2) is 13.6 Å². The van der Waals surface area contributed by atoms with Crippen molar-refractivity contribution in [3.05, 3.63) is 59.9 Å². The molecular formula is C19H19F2N3O2. The first-order valence-corrected chi connectivity index (χ1v) is 8.63. The number of aromatic nitrogens is 1. The Morgan fingerprint density at radius 2 is 1.96 bits per heavy atom. The molecule has 2 aliphatic rings. The van der Waals surface area contributed by atoms with E-state index in [-0.39, 0.29) is 17.8 Å². The Labute approximate surface area is 149 Å². The zero-order valence-electron chi connectivity index (χ0n) is 14.0. The van der Waals surface area contributed by atoms with E-state index in [4.69, 9.17) is 0 Å². The summed E-state index contributed by atoms with van der Waals surface area (Å²) in [5.74, 6) is -1.50. The van der Waals surface area contributed by atoms with Crippen molar-refractivity contribution < 1.29 is 18.7 Å². The summed E-state index contributed by atoms with van der Waals surface area (Å²) < 4.78 is 26.8. The molecule has 0 saturated carbocycles. The fourth-order valence-electron chi connectivity index (χ4n) is 4.20. The number of halogens is 2. The van der Waals surface area contributed by atoms with Crippen LogP contribution in [-0.2, 0) is 5.60 Å². The molecule has 0 radical (unpaired) electrons. The SMILES string of the molecule is O=C(Nc1ccc(F)cc1F)N1[C@@H]2CC[C@H]1CC(O)(c1cccnc1)C2. The monoisotopic (exact) mass is 359 g/mol. The minimum atomic E-state index is -1.02. The molecule has 1 aromatic carbocycles. The first kappa shape index (κ1) is 16.9. The number of hydrogen-bond acceptors (Lipinski definition) is 3. The molecule has 2 fully saturated rings. The number of benzene rings is 1. The highest BCUT2D eigenvalue weighted by atomic mass is 19.1. The largest absolute Gasteiger partial charge is 0.385 e. The van der Waals surface area contributed by atoms with Crippen LogP contribution in [0.15, 0.2) is 42.7 Å². The summed E-state index contributed by atoms with van der Waals surface area (Å²) in [5.41, 5.74) is -0.316. The van der Waals surface area contributed by atoms with Gasteiger partial charge in [0.2, 0.25) is 0 Å². The third-order valence-corrected chi connectivity index (χ3v) is 5.37. The Hall–Kier alpha value is -2.54. The lowest BCUT2D eigenvalue weighted by Crippen LogP contribution is -2.53.